The number of nitrogens with one attached hydrogen (secondary N) is 1. The van der Waals surface area contributed by atoms with Gasteiger partial charge in [-0.3, -0.25) is 0 Å². The molecular formula is C12H15NO2. The summed E-state index contributed by atoms with van der Waals surface area (Å²) in [5.41, 5.74) is 2.02. The van der Waals surface area contributed by atoms with Gasteiger partial charge in [0.15, 0.2) is 0 Å². The number of carbonyl (C=O) groups is 1. The summed E-state index contributed by atoms with van der Waals surface area (Å²) in [6, 6.07) is 7.76. The molecule has 0 heterocycles. The Kier molecular flexibility index (Phi) is 4.41. The molecule has 0 aromatic heterocycles. The van der Waals surface area contributed by atoms with E-state index in [4.69, 9.17) is 4.74 Å². The first-order chi connectivity index (χ1) is 7.26. The summed E-state index contributed by atoms with van der Waals surface area (Å²) in [6.07, 6.45) is 3.16. The van der Waals surface area contributed by atoms with Crippen molar-refractivity contribution in [1.82, 2.24) is 0 Å². The zero-order chi connectivity index (χ0) is 11.1. The third-order valence-electron chi connectivity index (χ3n) is 1.90. The molecule has 0 aliphatic carbocycles. The Labute approximate surface area is 89.8 Å². The van der Waals surface area contributed by atoms with Crippen molar-refractivity contribution in [2.45, 2.75) is 6.92 Å². The number of ether oxygens (including phenoxy) is 1. The summed E-state index contributed by atoms with van der Waals surface area (Å²) in [6.45, 7) is 2.19. The molecule has 1 N–H and O–H groups in total. The van der Waals surface area contributed by atoms with Crippen LogP contribution in [0.3, 0.4) is 0 Å². The van der Waals surface area contributed by atoms with E-state index in [1.165, 1.54) is 6.08 Å². The van der Waals surface area contributed by atoms with Gasteiger partial charge in [-0.25, -0.2) is 4.79 Å². The molecule has 1 aromatic carbocycles. The highest BCUT2D eigenvalue weighted by Crippen LogP contribution is 2.09. The maximum Gasteiger partial charge on any atom is 0.330 e. The molecular weight excluding hydrogens is 190 g/mol. The standard InChI is InChI=1S/C12H15NO2/c1-3-15-12(14)9-6-10-4-7-11(13-2)8-5-10/h4-9,13H,3H2,1-2H3/b9-6+. The Morgan fingerprint density at radius 3 is 2.60 bits per heavy atom. The molecule has 0 amide bonds. The van der Waals surface area contributed by atoms with Crippen molar-refractivity contribution in [2.75, 3.05) is 19.0 Å². The van der Waals surface area contributed by atoms with Crippen LogP contribution < -0.4 is 5.32 Å². The number of carbonyl (C=O) groups excluding carboxylic acids is 1. The lowest BCUT2D eigenvalue weighted by Crippen LogP contribution is -1.98. The highest BCUT2D eigenvalue weighted by molar-refractivity contribution is 5.87. The average Bonchev–Trinajstić information content (AvgIpc) is 2.27. The van der Waals surface area contributed by atoms with Gasteiger partial charge in [0.1, 0.15) is 0 Å². The zero-order valence-corrected chi connectivity index (χ0v) is 8.99. The Balaban J connectivity index is 2.60. The monoisotopic (exact) mass is 205 g/mol. The van der Waals surface area contributed by atoms with Gasteiger partial charge in [0.05, 0.1) is 6.61 Å². The summed E-state index contributed by atoms with van der Waals surface area (Å²) in [4.78, 5) is 11.0. The maximum absolute atomic E-state index is 11.0. The number of anilines is 1. The predicted molar refractivity (Wildman–Crippen MR) is 61.7 cm³/mol. The van der Waals surface area contributed by atoms with Crippen LogP contribution >= 0.6 is 0 Å². The highest BCUT2D eigenvalue weighted by atomic mass is 16.5. The highest BCUT2D eigenvalue weighted by Gasteiger charge is 1.93. The lowest BCUT2D eigenvalue weighted by Gasteiger charge is -1.99. The van der Waals surface area contributed by atoms with E-state index in [1.807, 2.05) is 31.3 Å². The molecule has 0 unspecified atom stereocenters. The number of rotatable bonds is 4. The summed E-state index contributed by atoms with van der Waals surface area (Å²) in [5, 5.41) is 3.02. The van der Waals surface area contributed by atoms with E-state index < -0.39 is 0 Å². The SMILES string of the molecule is CCOC(=O)/C=C/c1ccc(NC)cc1. The van der Waals surface area contributed by atoms with Crippen molar-refractivity contribution in [3.05, 3.63) is 35.9 Å². The summed E-state index contributed by atoms with van der Waals surface area (Å²) in [5.74, 6) is -0.310. The minimum Gasteiger partial charge on any atom is -0.463 e. The van der Waals surface area contributed by atoms with E-state index in [1.54, 1.807) is 13.0 Å². The third-order valence-corrected chi connectivity index (χ3v) is 1.90. The molecule has 80 valence electrons. The predicted octanol–water partition coefficient (Wildman–Crippen LogP) is 2.30. The van der Waals surface area contributed by atoms with E-state index in [9.17, 15) is 4.79 Å². The average molecular weight is 205 g/mol. The van der Waals surface area contributed by atoms with Crippen LogP contribution in [-0.2, 0) is 9.53 Å². The molecule has 15 heavy (non-hydrogen) atoms. The zero-order valence-electron chi connectivity index (χ0n) is 8.99. The molecule has 0 aliphatic heterocycles. The minimum absolute atomic E-state index is 0.310. The van der Waals surface area contributed by atoms with Crippen molar-refractivity contribution in [3.63, 3.8) is 0 Å². The summed E-state index contributed by atoms with van der Waals surface area (Å²) in [7, 11) is 1.86. The van der Waals surface area contributed by atoms with E-state index in [0.29, 0.717) is 6.61 Å². The normalized spacial score (nSPS) is 10.3. The van der Waals surface area contributed by atoms with Gasteiger partial charge in [-0.05, 0) is 30.7 Å². The fourth-order valence-electron chi connectivity index (χ4n) is 1.12. The van der Waals surface area contributed by atoms with Crippen molar-refractivity contribution in [1.29, 1.82) is 0 Å². The Morgan fingerprint density at radius 1 is 1.40 bits per heavy atom. The molecule has 0 fully saturated rings. The van der Waals surface area contributed by atoms with Gasteiger partial charge in [-0.1, -0.05) is 12.1 Å². The topological polar surface area (TPSA) is 38.3 Å². The van der Waals surface area contributed by atoms with Crippen molar-refractivity contribution in [3.8, 4) is 0 Å². The first-order valence-electron chi connectivity index (χ1n) is 4.89. The molecule has 0 spiro atoms. The molecule has 0 saturated heterocycles. The Hall–Kier alpha value is -1.77. The fraction of sp³-hybridized carbons (Fsp3) is 0.250. The quantitative estimate of drug-likeness (QED) is 0.605. The first-order valence-corrected chi connectivity index (χ1v) is 4.89. The van der Waals surface area contributed by atoms with Crippen LogP contribution in [-0.4, -0.2) is 19.6 Å². The number of hydrogen-bond donors (Lipinski definition) is 1. The Bertz CT molecular complexity index is 341. The number of benzene rings is 1. The largest absolute Gasteiger partial charge is 0.463 e. The van der Waals surface area contributed by atoms with E-state index >= 15 is 0 Å². The lowest BCUT2D eigenvalue weighted by atomic mass is 10.2. The van der Waals surface area contributed by atoms with Gasteiger partial charge in [0.25, 0.3) is 0 Å². The van der Waals surface area contributed by atoms with Gasteiger partial charge >= 0.3 is 5.97 Å². The van der Waals surface area contributed by atoms with E-state index in [0.717, 1.165) is 11.3 Å². The van der Waals surface area contributed by atoms with Gasteiger partial charge in [0, 0.05) is 18.8 Å². The summed E-state index contributed by atoms with van der Waals surface area (Å²) < 4.78 is 4.77. The van der Waals surface area contributed by atoms with E-state index in [2.05, 4.69) is 5.32 Å². The fourth-order valence-corrected chi connectivity index (χ4v) is 1.12. The third kappa shape index (κ3) is 3.85. The van der Waals surface area contributed by atoms with Crippen LogP contribution in [0.5, 0.6) is 0 Å². The molecule has 1 rings (SSSR count). The van der Waals surface area contributed by atoms with Crippen LogP contribution in [0.2, 0.25) is 0 Å². The van der Waals surface area contributed by atoms with Crippen LogP contribution in [0.4, 0.5) is 5.69 Å². The second-order valence-electron chi connectivity index (χ2n) is 2.96. The minimum atomic E-state index is -0.310. The number of esters is 1. The van der Waals surface area contributed by atoms with Crippen molar-refractivity contribution in [2.24, 2.45) is 0 Å². The van der Waals surface area contributed by atoms with Crippen molar-refractivity contribution >= 4 is 17.7 Å². The van der Waals surface area contributed by atoms with E-state index in [-0.39, 0.29) is 5.97 Å². The first kappa shape index (κ1) is 11.3. The molecule has 0 aliphatic rings. The van der Waals surface area contributed by atoms with Gasteiger partial charge in [-0.15, -0.1) is 0 Å². The van der Waals surface area contributed by atoms with Gasteiger partial charge < -0.3 is 10.1 Å². The van der Waals surface area contributed by atoms with Crippen LogP contribution in [0.1, 0.15) is 12.5 Å². The second kappa shape index (κ2) is 5.86. The molecule has 3 heteroatoms. The lowest BCUT2D eigenvalue weighted by molar-refractivity contribution is -0.137. The maximum atomic E-state index is 11.0. The van der Waals surface area contributed by atoms with Crippen LogP contribution in [0.25, 0.3) is 6.08 Å². The molecule has 1 aromatic rings. The molecule has 0 saturated carbocycles. The van der Waals surface area contributed by atoms with Crippen LogP contribution in [0, 0.1) is 0 Å². The van der Waals surface area contributed by atoms with Gasteiger partial charge in [-0.2, -0.15) is 0 Å². The Morgan fingerprint density at radius 2 is 2.07 bits per heavy atom. The summed E-state index contributed by atoms with van der Waals surface area (Å²) >= 11 is 0. The second-order valence-corrected chi connectivity index (χ2v) is 2.96. The van der Waals surface area contributed by atoms with Crippen molar-refractivity contribution < 1.29 is 9.53 Å². The van der Waals surface area contributed by atoms with Gasteiger partial charge in [0.2, 0.25) is 0 Å². The van der Waals surface area contributed by atoms with Crippen LogP contribution in [0.15, 0.2) is 30.3 Å². The number of hydrogen-bond acceptors (Lipinski definition) is 3. The smallest absolute Gasteiger partial charge is 0.330 e. The molecule has 0 radical (unpaired) electrons. The molecule has 0 bridgehead atoms. The molecule has 3 nitrogen and oxygen atoms in total. The molecule has 0 atom stereocenters.